The maximum Gasteiger partial charge on any atom is 0.228 e. The maximum atomic E-state index is 13.8. The summed E-state index contributed by atoms with van der Waals surface area (Å²) in [5.41, 5.74) is 2.70. The largest absolute Gasteiger partial charge is 0.325 e. The summed E-state index contributed by atoms with van der Waals surface area (Å²) in [6.45, 7) is 1.81. The first-order valence-electron chi connectivity index (χ1n) is 7.01. The van der Waals surface area contributed by atoms with E-state index in [1.54, 1.807) is 24.4 Å². The molecule has 3 aromatic rings. The molecule has 1 aromatic carbocycles. The Kier molecular flexibility index (Phi) is 4.43. The zero-order chi connectivity index (χ0) is 16.2. The molecule has 0 saturated carbocycles. The van der Waals surface area contributed by atoms with E-state index in [2.05, 4.69) is 15.3 Å². The van der Waals surface area contributed by atoms with Crippen LogP contribution < -0.4 is 5.32 Å². The smallest absolute Gasteiger partial charge is 0.228 e. The number of amides is 1. The Balaban J connectivity index is 1.68. The molecule has 0 fully saturated rings. The molecule has 1 amide bonds. The van der Waals surface area contributed by atoms with Crippen LogP contribution in [-0.4, -0.2) is 15.9 Å². The number of benzene rings is 1. The van der Waals surface area contributed by atoms with Gasteiger partial charge in [0, 0.05) is 11.6 Å². The summed E-state index contributed by atoms with van der Waals surface area (Å²) < 4.78 is 13.8. The Labute approximate surface area is 137 Å². The number of carbonyl (C=O) groups is 1. The summed E-state index contributed by atoms with van der Waals surface area (Å²) in [5, 5.41) is 4.62. The summed E-state index contributed by atoms with van der Waals surface area (Å²) >= 11 is 1.48. The van der Waals surface area contributed by atoms with E-state index in [4.69, 9.17) is 0 Å². The molecule has 0 radical (unpaired) electrons. The standard InChI is InChI=1S/C17H14FN3OS/c1-11-2-3-12(14(18)6-11)7-17(22)21-13-8-16(23-9-13)15-4-5-19-10-20-15/h2-6,8-10H,7H2,1H3,(H,21,22). The van der Waals surface area contributed by atoms with Crippen molar-refractivity contribution < 1.29 is 9.18 Å². The molecule has 0 aliphatic rings. The summed E-state index contributed by atoms with van der Waals surface area (Å²) in [6.07, 6.45) is 3.15. The molecule has 2 aromatic heterocycles. The van der Waals surface area contributed by atoms with Gasteiger partial charge in [0.1, 0.15) is 12.1 Å². The maximum absolute atomic E-state index is 13.8. The predicted octanol–water partition coefficient (Wildman–Crippen LogP) is 3.83. The normalized spacial score (nSPS) is 10.5. The van der Waals surface area contributed by atoms with Crippen LogP contribution in [0.5, 0.6) is 0 Å². The van der Waals surface area contributed by atoms with Crippen LogP contribution in [0.1, 0.15) is 11.1 Å². The third-order valence-corrected chi connectivity index (χ3v) is 4.23. The number of hydrogen-bond acceptors (Lipinski definition) is 4. The third-order valence-electron chi connectivity index (χ3n) is 3.28. The summed E-state index contributed by atoms with van der Waals surface area (Å²) in [4.78, 5) is 21.0. The summed E-state index contributed by atoms with van der Waals surface area (Å²) in [5.74, 6) is -0.605. The van der Waals surface area contributed by atoms with Gasteiger partial charge in [0.15, 0.2) is 0 Å². The highest BCUT2D eigenvalue weighted by Gasteiger charge is 2.10. The van der Waals surface area contributed by atoms with Crippen molar-refractivity contribution >= 4 is 22.9 Å². The third kappa shape index (κ3) is 3.78. The number of nitrogens with zero attached hydrogens (tertiary/aromatic N) is 2. The lowest BCUT2D eigenvalue weighted by atomic mass is 10.1. The highest BCUT2D eigenvalue weighted by molar-refractivity contribution is 7.14. The zero-order valence-electron chi connectivity index (χ0n) is 12.4. The van der Waals surface area contributed by atoms with Gasteiger partial charge in [0.2, 0.25) is 5.91 Å². The first-order chi connectivity index (χ1) is 11.1. The molecular weight excluding hydrogens is 313 g/mol. The second-order valence-electron chi connectivity index (χ2n) is 5.11. The van der Waals surface area contributed by atoms with Gasteiger partial charge in [-0.05, 0) is 36.2 Å². The molecule has 23 heavy (non-hydrogen) atoms. The molecule has 6 heteroatoms. The number of anilines is 1. The van der Waals surface area contributed by atoms with Crippen LogP contribution in [0, 0.1) is 12.7 Å². The molecule has 3 rings (SSSR count). The quantitative estimate of drug-likeness (QED) is 0.792. The van der Waals surface area contributed by atoms with Gasteiger partial charge in [0.05, 0.1) is 22.7 Å². The van der Waals surface area contributed by atoms with Gasteiger partial charge < -0.3 is 5.32 Å². The molecule has 116 valence electrons. The second kappa shape index (κ2) is 6.66. The molecule has 0 spiro atoms. The van der Waals surface area contributed by atoms with Gasteiger partial charge >= 0.3 is 0 Å². The second-order valence-corrected chi connectivity index (χ2v) is 6.03. The average Bonchev–Trinajstić information content (AvgIpc) is 2.99. The fourth-order valence-electron chi connectivity index (χ4n) is 2.15. The number of aryl methyl sites for hydroxylation is 1. The lowest BCUT2D eigenvalue weighted by molar-refractivity contribution is -0.115. The highest BCUT2D eigenvalue weighted by Crippen LogP contribution is 2.28. The number of halogens is 1. The fourth-order valence-corrected chi connectivity index (χ4v) is 2.96. The minimum absolute atomic E-state index is 0.00476. The van der Waals surface area contributed by atoms with Crippen LogP contribution in [-0.2, 0) is 11.2 Å². The van der Waals surface area contributed by atoms with E-state index in [0.717, 1.165) is 16.1 Å². The fraction of sp³-hybridized carbons (Fsp3) is 0.118. The van der Waals surface area contributed by atoms with Crippen LogP contribution in [0.4, 0.5) is 10.1 Å². The van der Waals surface area contributed by atoms with Crippen LogP contribution in [0.15, 0.2) is 48.2 Å². The lowest BCUT2D eigenvalue weighted by Gasteiger charge is -2.05. The van der Waals surface area contributed by atoms with E-state index < -0.39 is 0 Å². The number of thiophene rings is 1. The van der Waals surface area contributed by atoms with Crippen molar-refractivity contribution in [2.45, 2.75) is 13.3 Å². The number of aromatic nitrogens is 2. The Hall–Kier alpha value is -2.60. The Morgan fingerprint density at radius 1 is 1.30 bits per heavy atom. The summed E-state index contributed by atoms with van der Waals surface area (Å²) in [7, 11) is 0. The van der Waals surface area contributed by atoms with Crippen molar-refractivity contribution in [1.29, 1.82) is 0 Å². The number of nitrogens with one attached hydrogen (secondary N) is 1. The molecule has 0 aliphatic heterocycles. The lowest BCUT2D eigenvalue weighted by Crippen LogP contribution is -2.14. The Morgan fingerprint density at radius 2 is 2.17 bits per heavy atom. The number of carbonyl (C=O) groups excluding carboxylic acids is 1. The van der Waals surface area contributed by atoms with Crippen molar-refractivity contribution in [3.63, 3.8) is 0 Å². The average molecular weight is 327 g/mol. The van der Waals surface area contributed by atoms with Gasteiger partial charge in [-0.25, -0.2) is 14.4 Å². The first-order valence-corrected chi connectivity index (χ1v) is 7.89. The van der Waals surface area contributed by atoms with Crippen molar-refractivity contribution in [3.8, 4) is 10.6 Å². The molecule has 4 nitrogen and oxygen atoms in total. The van der Waals surface area contributed by atoms with Crippen LogP contribution in [0.2, 0.25) is 0 Å². The molecule has 2 heterocycles. The number of hydrogen-bond donors (Lipinski definition) is 1. The minimum Gasteiger partial charge on any atom is -0.325 e. The van der Waals surface area contributed by atoms with Crippen molar-refractivity contribution in [3.05, 3.63) is 65.2 Å². The molecule has 0 unspecified atom stereocenters. The molecular formula is C17H14FN3OS. The van der Waals surface area contributed by atoms with Crippen LogP contribution >= 0.6 is 11.3 Å². The predicted molar refractivity (Wildman–Crippen MR) is 88.8 cm³/mol. The highest BCUT2D eigenvalue weighted by atomic mass is 32.1. The Morgan fingerprint density at radius 3 is 2.91 bits per heavy atom. The molecule has 1 N–H and O–H groups in total. The van der Waals surface area contributed by atoms with E-state index in [9.17, 15) is 9.18 Å². The van der Waals surface area contributed by atoms with E-state index in [-0.39, 0.29) is 18.1 Å². The monoisotopic (exact) mass is 327 g/mol. The molecule has 0 bridgehead atoms. The van der Waals surface area contributed by atoms with Crippen molar-refractivity contribution in [1.82, 2.24) is 9.97 Å². The van der Waals surface area contributed by atoms with E-state index in [1.807, 2.05) is 18.4 Å². The van der Waals surface area contributed by atoms with E-state index in [0.29, 0.717) is 11.3 Å². The topological polar surface area (TPSA) is 54.9 Å². The van der Waals surface area contributed by atoms with Gasteiger partial charge in [-0.3, -0.25) is 4.79 Å². The van der Waals surface area contributed by atoms with Gasteiger partial charge in [-0.1, -0.05) is 12.1 Å². The summed E-state index contributed by atoms with van der Waals surface area (Å²) in [6, 6.07) is 8.52. The van der Waals surface area contributed by atoms with Crippen LogP contribution in [0.25, 0.3) is 10.6 Å². The Bertz CT molecular complexity index is 833. The van der Waals surface area contributed by atoms with E-state index >= 15 is 0 Å². The van der Waals surface area contributed by atoms with Gasteiger partial charge in [0.25, 0.3) is 0 Å². The molecule has 0 aliphatic carbocycles. The SMILES string of the molecule is Cc1ccc(CC(=O)Nc2csc(-c3ccncn3)c2)c(F)c1. The molecule has 0 saturated heterocycles. The first kappa shape index (κ1) is 15.3. The number of rotatable bonds is 4. The van der Waals surface area contributed by atoms with Crippen molar-refractivity contribution in [2.24, 2.45) is 0 Å². The van der Waals surface area contributed by atoms with Crippen LogP contribution in [0.3, 0.4) is 0 Å². The van der Waals surface area contributed by atoms with Gasteiger partial charge in [-0.15, -0.1) is 11.3 Å². The zero-order valence-corrected chi connectivity index (χ0v) is 13.2. The van der Waals surface area contributed by atoms with Gasteiger partial charge in [-0.2, -0.15) is 0 Å². The van der Waals surface area contributed by atoms with Crippen molar-refractivity contribution in [2.75, 3.05) is 5.32 Å². The minimum atomic E-state index is -0.354. The van der Waals surface area contributed by atoms with E-state index in [1.165, 1.54) is 23.7 Å². The molecule has 0 atom stereocenters.